The number of hydrogen-bond donors (Lipinski definition) is 4. The maximum atomic E-state index is 14.5. The second kappa shape index (κ2) is 25.8. The number of benzene rings is 2. The van der Waals surface area contributed by atoms with Crippen LogP contribution in [0.3, 0.4) is 0 Å². The Bertz CT molecular complexity index is 2010. The topological polar surface area (TPSA) is 206 Å². The second-order valence-electron chi connectivity index (χ2n) is 17.0. The number of aliphatic hydroxyl groups is 3. The van der Waals surface area contributed by atoms with E-state index in [1.54, 1.807) is 47.4 Å². The Kier molecular flexibility index (Phi) is 19.7. The van der Waals surface area contributed by atoms with Gasteiger partial charge in [-0.05, 0) is 92.7 Å². The van der Waals surface area contributed by atoms with Gasteiger partial charge in [0.2, 0.25) is 12.1 Å². The van der Waals surface area contributed by atoms with Crippen molar-refractivity contribution in [2.75, 3.05) is 78.9 Å². The number of rotatable bonds is 26. The largest absolute Gasteiger partial charge is 0.497 e. The summed E-state index contributed by atoms with van der Waals surface area (Å²) in [4.78, 5) is 35.9. The third-order valence-corrected chi connectivity index (χ3v) is 12.8. The molecule has 2 aromatic carbocycles. The summed E-state index contributed by atoms with van der Waals surface area (Å²) in [6, 6.07) is 9.35. The normalized spacial score (nSPS) is 24.5. The first-order valence-electron chi connectivity index (χ1n) is 23.5. The molecule has 2 aromatic rings. The summed E-state index contributed by atoms with van der Waals surface area (Å²) >= 11 is 0. The molecule has 2 amide bonds. The van der Waals surface area contributed by atoms with Crippen LogP contribution in [0.5, 0.6) is 23.0 Å². The molecule has 67 heavy (non-hydrogen) atoms. The van der Waals surface area contributed by atoms with Crippen LogP contribution in [0.4, 0.5) is 15.3 Å². The fraction of sp³-hybridized carbons (Fsp3) is 0.580. The van der Waals surface area contributed by atoms with Gasteiger partial charge in [0.05, 0.1) is 71.2 Å². The van der Waals surface area contributed by atoms with Gasteiger partial charge in [0.25, 0.3) is 0 Å². The van der Waals surface area contributed by atoms with Crippen molar-refractivity contribution in [2.24, 2.45) is 22.9 Å². The number of anilines is 1. The van der Waals surface area contributed by atoms with E-state index in [0.29, 0.717) is 73.8 Å². The van der Waals surface area contributed by atoms with Crippen LogP contribution >= 0.6 is 0 Å². The number of carbonyl (C=O) groups excluding carboxylic acids is 2. The molecule has 2 aliphatic heterocycles. The van der Waals surface area contributed by atoms with Crippen LogP contribution in [0.15, 0.2) is 78.5 Å². The minimum atomic E-state index is -1.58. The smallest absolute Gasteiger partial charge is 0.417 e. The van der Waals surface area contributed by atoms with Gasteiger partial charge < -0.3 is 58.1 Å². The van der Waals surface area contributed by atoms with Gasteiger partial charge in [-0.3, -0.25) is 10.2 Å². The van der Waals surface area contributed by atoms with Gasteiger partial charge in [-0.2, -0.15) is 0 Å². The van der Waals surface area contributed by atoms with Crippen LogP contribution in [0.2, 0.25) is 0 Å². The lowest BCUT2D eigenvalue weighted by Gasteiger charge is -2.59. The van der Waals surface area contributed by atoms with Crippen LogP contribution in [-0.4, -0.2) is 130 Å². The van der Waals surface area contributed by atoms with Crippen molar-refractivity contribution in [1.29, 1.82) is 0 Å². The third-order valence-electron chi connectivity index (χ3n) is 12.8. The number of hydrogen-bond acceptors (Lipinski definition) is 15. The first kappa shape index (κ1) is 51.2. The van der Waals surface area contributed by atoms with E-state index in [2.05, 4.69) is 24.6 Å². The lowest BCUT2D eigenvalue weighted by Crippen LogP contribution is -2.70. The lowest BCUT2D eigenvalue weighted by molar-refractivity contribution is -0.256. The standard InChI is InChI=1S/C50H69N3O14/c1-5-7-26-63-49(58)53(21-28-61-29-24-56)44-33-41(52-67-45-16-10-13-27-62-45)38-30-34(14-8-11-22-54)37(15-9-12-23-55)46-39-31-36(18-20-42(39)66-50(44,47(38)46)64-25-6-2)65-48(57)51-40-19-17-35(59-3)32-43(40)60-4/h5-6,17-20,30-32,34,37,44-47,54-56H,1-2,7-16,21-29,33H2,3-4H3,(H,51,57). The first-order chi connectivity index (χ1) is 32.7. The molecule has 2 aliphatic carbocycles. The molecule has 4 N–H and O–H groups in total. The van der Waals surface area contributed by atoms with E-state index in [9.17, 15) is 24.9 Å². The summed E-state index contributed by atoms with van der Waals surface area (Å²) in [5.74, 6) is -1.11. The Hall–Kier alpha value is -5.17. The van der Waals surface area contributed by atoms with Gasteiger partial charge in [-0.1, -0.05) is 36.2 Å². The van der Waals surface area contributed by atoms with Crippen LogP contribution < -0.4 is 24.3 Å². The lowest BCUT2D eigenvalue weighted by atomic mass is 9.55. The van der Waals surface area contributed by atoms with Crippen molar-refractivity contribution in [3.8, 4) is 23.0 Å². The molecular formula is C50H69N3O14. The summed E-state index contributed by atoms with van der Waals surface area (Å²) in [5, 5.41) is 37.2. The predicted molar refractivity (Wildman–Crippen MR) is 250 cm³/mol. The van der Waals surface area contributed by atoms with Gasteiger partial charge in [-0.15, -0.1) is 13.2 Å². The molecule has 0 bridgehead atoms. The number of allylic oxidation sites excluding steroid dienone is 1. The highest BCUT2D eigenvalue weighted by Gasteiger charge is 2.65. The van der Waals surface area contributed by atoms with Gasteiger partial charge >= 0.3 is 12.2 Å². The molecule has 368 valence electrons. The maximum Gasteiger partial charge on any atom is 0.417 e. The van der Waals surface area contributed by atoms with Crippen molar-refractivity contribution < 1.29 is 67.6 Å². The van der Waals surface area contributed by atoms with Crippen molar-refractivity contribution in [3.05, 3.63) is 78.9 Å². The van der Waals surface area contributed by atoms with E-state index < -0.39 is 42.1 Å². The van der Waals surface area contributed by atoms with Crippen LogP contribution in [0.25, 0.3) is 0 Å². The highest BCUT2D eigenvalue weighted by molar-refractivity contribution is 6.03. The van der Waals surface area contributed by atoms with Gasteiger partial charge in [0.1, 0.15) is 29.0 Å². The zero-order valence-corrected chi connectivity index (χ0v) is 38.9. The Labute approximate surface area is 393 Å². The maximum absolute atomic E-state index is 14.5. The summed E-state index contributed by atoms with van der Waals surface area (Å²) in [6.45, 7) is 8.52. The molecule has 1 saturated heterocycles. The number of carbonyl (C=O) groups is 2. The summed E-state index contributed by atoms with van der Waals surface area (Å²) < 4.78 is 48.7. The van der Waals surface area contributed by atoms with Crippen molar-refractivity contribution in [3.63, 3.8) is 0 Å². The number of fused-ring (bicyclic) bond motifs is 2. The van der Waals surface area contributed by atoms with E-state index >= 15 is 0 Å². The number of nitrogens with one attached hydrogen (secondary N) is 1. The molecule has 17 nitrogen and oxygen atoms in total. The predicted octanol–water partition coefficient (Wildman–Crippen LogP) is 7.50. The molecule has 7 atom stereocenters. The van der Waals surface area contributed by atoms with E-state index in [1.807, 2.05) is 6.07 Å². The molecular weight excluding hydrogens is 867 g/mol. The van der Waals surface area contributed by atoms with E-state index in [-0.39, 0.29) is 76.8 Å². The fourth-order valence-electron chi connectivity index (χ4n) is 9.79. The highest BCUT2D eigenvalue weighted by atomic mass is 16.8. The van der Waals surface area contributed by atoms with Gasteiger partial charge in [0.15, 0.2) is 0 Å². The molecule has 7 unspecified atom stereocenters. The molecule has 0 spiro atoms. The Morgan fingerprint density at radius 2 is 1.75 bits per heavy atom. The molecule has 4 aliphatic rings. The Balaban J connectivity index is 1.53. The fourth-order valence-corrected chi connectivity index (χ4v) is 9.79. The number of amides is 2. The van der Waals surface area contributed by atoms with Crippen LogP contribution in [-0.2, 0) is 23.8 Å². The average Bonchev–Trinajstić information content (AvgIpc) is 3.34. The zero-order valence-electron chi connectivity index (χ0n) is 38.9. The van der Waals surface area contributed by atoms with E-state index in [4.69, 9.17) is 47.9 Å². The monoisotopic (exact) mass is 935 g/mol. The quantitative estimate of drug-likeness (QED) is 0.0410. The SMILES string of the molecule is C=CCCOC(=O)N(CCOCCO)C1CC(=NOC2CCCCO2)C2=CC(CCCCO)C(CCCCO)C3c4cc(OC(=O)Nc5ccc(OC)cc5OC)ccc4OC1(OCC=C)C23. The van der Waals surface area contributed by atoms with E-state index in [0.717, 1.165) is 36.8 Å². The number of nitrogens with zero attached hydrogens (tertiary/aromatic N) is 2. The van der Waals surface area contributed by atoms with Gasteiger partial charge in [0, 0.05) is 50.1 Å². The Morgan fingerprint density at radius 1 is 0.940 bits per heavy atom. The molecule has 2 fully saturated rings. The minimum Gasteiger partial charge on any atom is -0.497 e. The number of unbranched alkanes of at least 4 members (excludes halogenated alkanes) is 2. The van der Waals surface area contributed by atoms with Gasteiger partial charge in [-0.25, -0.2) is 9.59 Å². The van der Waals surface area contributed by atoms with Crippen molar-refractivity contribution in [1.82, 2.24) is 4.90 Å². The number of ether oxygens (including phenoxy) is 8. The summed E-state index contributed by atoms with van der Waals surface area (Å²) in [5.41, 5.74) is 2.54. The highest BCUT2D eigenvalue weighted by Crippen LogP contribution is 2.62. The zero-order chi connectivity index (χ0) is 47.6. The second-order valence-corrected chi connectivity index (χ2v) is 17.0. The molecule has 0 radical (unpaired) electrons. The molecule has 1 saturated carbocycles. The first-order valence-corrected chi connectivity index (χ1v) is 23.5. The van der Waals surface area contributed by atoms with E-state index in [1.165, 1.54) is 14.2 Å². The third kappa shape index (κ3) is 12.7. The molecule has 6 rings (SSSR count). The van der Waals surface area contributed by atoms with Crippen molar-refractivity contribution in [2.45, 2.75) is 94.7 Å². The number of methoxy groups -OCH3 is 2. The molecule has 2 heterocycles. The summed E-state index contributed by atoms with van der Waals surface area (Å²) in [7, 11) is 3.03. The molecule has 17 heteroatoms. The summed E-state index contributed by atoms with van der Waals surface area (Å²) in [6.07, 6.45) is 10.8. The Morgan fingerprint density at radius 3 is 2.46 bits per heavy atom. The number of aliphatic hydroxyl groups excluding tert-OH is 3. The van der Waals surface area contributed by atoms with Crippen LogP contribution in [0.1, 0.15) is 82.1 Å². The van der Waals surface area contributed by atoms with Crippen LogP contribution in [0, 0.1) is 17.8 Å². The average molecular weight is 936 g/mol. The minimum absolute atomic E-state index is 0.0238. The molecule has 0 aromatic heterocycles. The number of oxime groups is 1. The van der Waals surface area contributed by atoms with Crippen molar-refractivity contribution >= 4 is 23.6 Å².